The number of nitrogens with zero attached hydrogens (tertiary/aromatic N) is 2. The van der Waals surface area contributed by atoms with Crippen molar-refractivity contribution in [2.75, 3.05) is 11.6 Å². The molecule has 0 aliphatic carbocycles. The molecule has 0 fully saturated rings. The molecule has 0 aromatic heterocycles. The van der Waals surface area contributed by atoms with Crippen LogP contribution in [0.15, 0.2) is 17.2 Å². The first-order valence-corrected chi connectivity index (χ1v) is 5.27. The van der Waals surface area contributed by atoms with Gasteiger partial charge in [-0.25, -0.2) is 18.2 Å². The van der Waals surface area contributed by atoms with E-state index in [2.05, 4.69) is 5.10 Å². The molecule has 7 heteroatoms. The molecule has 0 unspecified atom stereocenters. The number of carbonyl (C=O) groups excluding carboxylic acids is 1. The zero-order valence-corrected chi connectivity index (χ0v) is 9.29. The second-order valence-electron chi connectivity index (χ2n) is 3.81. The molecule has 1 aromatic rings. The lowest BCUT2D eigenvalue weighted by Gasteiger charge is -2.12. The first kappa shape index (κ1) is 12.6. The Kier molecular flexibility index (Phi) is 3.33. The van der Waals surface area contributed by atoms with Crippen LogP contribution in [-0.4, -0.2) is 18.2 Å². The van der Waals surface area contributed by atoms with Gasteiger partial charge in [-0.3, -0.25) is 4.79 Å². The molecule has 0 atom stereocenters. The third-order valence-electron chi connectivity index (χ3n) is 2.48. The Balaban J connectivity index is 2.35. The van der Waals surface area contributed by atoms with E-state index >= 15 is 0 Å². The summed E-state index contributed by atoms with van der Waals surface area (Å²) in [5, 5.41) is 4.76. The second-order valence-corrected chi connectivity index (χ2v) is 3.81. The van der Waals surface area contributed by atoms with Gasteiger partial charge in [-0.1, -0.05) is 0 Å². The average Bonchev–Trinajstić information content (AvgIpc) is 2.67. The fourth-order valence-electron chi connectivity index (χ4n) is 1.65. The lowest BCUT2D eigenvalue weighted by molar-refractivity contribution is -0.116. The first-order valence-electron chi connectivity index (χ1n) is 5.27. The topological polar surface area (TPSA) is 58.7 Å². The van der Waals surface area contributed by atoms with Crippen molar-refractivity contribution in [3.8, 4) is 0 Å². The van der Waals surface area contributed by atoms with Crippen molar-refractivity contribution in [1.29, 1.82) is 0 Å². The highest BCUT2D eigenvalue weighted by molar-refractivity contribution is 6.12. The van der Waals surface area contributed by atoms with Gasteiger partial charge in [0.2, 0.25) is 0 Å². The van der Waals surface area contributed by atoms with Crippen molar-refractivity contribution in [1.82, 2.24) is 0 Å². The zero-order chi connectivity index (χ0) is 13.3. The molecule has 0 bridgehead atoms. The number of amides is 1. The summed E-state index contributed by atoms with van der Waals surface area (Å²) in [6, 6.07) is 1.45. The van der Waals surface area contributed by atoms with Gasteiger partial charge < -0.3 is 5.73 Å². The number of halogens is 3. The summed E-state index contributed by atoms with van der Waals surface area (Å²) in [6.07, 6.45) is 0.478. The summed E-state index contributed by atoms with van der Waals surface area (Å²) in [7, 11) is 0. The third kappa shape index (κ3) is 2.21. The Morgan fingerprint density at radius 2 is 1.89 bits per heavy atom. The van der Waals surface area contributed by atoms with E-state index in [9.17, 15) is 18.0 Å². The van der Waals surface area contributed by atoms with Gasteiger partial charge in [0.1, 0.15) is 0 Å². The summed E-state index contributed by atoms with van der Waals surface area (Å²) in [6.45, 7) is 0.325. The number of carbonyl (C=O) groups is 1. The highest BCUT2D eigenvalue weighted by Gasteiger charge is 2.26. The van der Waals surface area contributed by atoms with E-state index in [-0.39, 0.29) is 12.1 Å². The molecule has 1 heterocycles. The molecule has 1 aromatic carbocycles. The maximum absolute atomic E-state index is 13.0. The van der Waals surface area contributed by atoms with Gasteiger partial charge in [0.15, 0.2) is 17.5 Å². The number of hydrogen-bond donors (Lipinski definition) is 1. The fraction of sp³-hybridized carbons (Fsp3) is 0.273. The largest absolute Gasteiger partial charge is 0.330 e. The smallest absolute Gasteiger partial charge is 0.253 e. The van der Waals surface area contributed by atoms with Crippen molar-refractivity contribution in [2.45, 2.75) is 12.8 Å². The average molecular weight is 257 g/mol. The lowest BCUT2D eigenvalue weighted by atomic mass is 10.2. The molecule has 0 radical (unpaired) electrons. The monoisotopic (exact) mass is 257 g/mol. The van der Waals surface area contributed by atoms with E-state index < -0.39 is 23.4 Å². The van der Waals surface area contributed by atoms with E-state index in [0.717, 1.165) is 17.1 Å². The Bertz CT molecular complexity index is 507. The van der Waals surface area contributed by atoms with Crippen LogP contribution in [0.2, 0.25) is 0 Å². The summed E-state index contributed by atoms with van der Waals surface area (Å²) in [5.41, 5.74) is 5.72. The summed E-state index contributed by atoms with van der Waals surface area (Å²) >= 11 is 0. The van der Waals surface area contributed by atoms with Crippen molar-refractivity contribution < 1.29 is 18.0 Å². The molecule has 18 heavy (non-hydrogen) atoms. The Morgan fingerprint density at radius 1 is 1.28 bits per heavy atom. The van der Waals surface area contributed by atoms with Gasteiger partial charge in [-0.15, -0.1) is 0 Å². The van der Waals surface area contributed by atoms with Crippen LogP contribution in [0.3, 0.4) is 0 Å². The fourth-order valence-corrected chi connectivity index (χ4v) is 1.65. The zero-order valence-electron chi connectivity index (χ0n) is 9.29. The number of hydrogen-bond acceptors (Lipinski definition) is 3. The maximum atomic E-state index is 13.0. The molecule has 0 saturated carbocycles. The number of benzene rings is 1. The standard InChI is InChI=1S/C11H10F3N3O/c12-8-4-7(5-9(13)11(8)14)17-10(18)3-6(16-17)1-2-15/h4-5H,1-3,15H2. The predicted molar refractivity (Wildman–Crippen MR) is 59.5 cm³/mol. The minimum atomic E-state index is -1.57. The molecule has 96 valence electrons. The van der Waals surface area contributed by atoms with Crippen LogP contribution in [0.1, 0.15) is 12.8 Å². The quantitative estimate of drug-likeness (QED) is 0.835. The summed E-state index contributed by atoms with van der Waals surface area (Å²) < 4.78 is 38.9. The number of hydrazone groups is 1. The predicted octanol–water partition coefficient (Wildman–Crippen LogP) is 1.55. The molecular formula is C11H10F3N3O. The van der Waals surface area contributed by atoms with Gasteiger partial charge in [0, 0.05) is 24.3 Å². The van der Waals surface area contributed by atoms with Gasteiger partial charge >= 0.3 is 0 Å². The first-order chi connectivity index (χ1) is 8.52. The lowest BCUT2D eigenvalue weighted by Crippen LogP contribution is -2.20. The van der Waals surface area contributed by atoms with Crippen LogP contribution in [0.4, 0.5) is 18.9 Å². The molecule has 4 nitrogen and oxygen atoms in total. The van der Waals surface area contributed by atoms with Gasteiger partial charge in [-0.05, 0) is 6.54 Å². The highest BCUT2D eigenvalue weighted by atomic mass is 19.2. The Morgan fingerprint density at radius 3 is 2.44 bits per heavy atom. The summed E-state index contributed by atoms with van der Waals surface area (Å²) in [5.74, 6) is -4.72. The molecular weight excluding hydrogens is 247 g/mol. The molecule has 0 saturated heterocycles. The van der Waals surface area contributed by atoms with E-state index in [0.29, 0.717) is 18.7 Å². The van der Waals surface area contributed by atoms with E-state index in [1.807, 2.05) is 0 Å². The number of nitrogens with two attached hydrogens (primary N) is 1. The van der Waals surface area contributed by atoms with Crippen LogP contribution in [0, 0.1) is 17.5 Å². The van der Waals surface area contributed by atoms with Crippen molar-refractivity contribution in [2.24, 2.45) is 10.8 Å². The minimum absolute atomic E-state index is 0.0534. The van der Waals surface area contributed by atoms with E-state index in [1.54, 1.807) is 0 Å². The SMILES string of the molecule is NCCC1=NN(c2cc(F)c(F)c(F)c2)C(=O)C1. The minimum Gasteiger partial charge on any atom is -0.330 e. The Labute approximate surface area is 101 Å². The summed E-state index contributed by atoms with van der Waals surface area (Å²) in [4.78, 5) is 11.6. The van der Waals surface area contributed by atoms with Crippen LogP contribution in [-0.2, 0) is 4.79 Å². The second kappa shape index (κ2) is 4.77. The van der Waals surface area contributed by atoms with Gasteiger partial charge in [0.25, 0.3) is 5.91 Å². The van der Waals surface area contributed by atoms with Crippen LogP contribution < -0.4 is 10.7 Å². The van der Waals surface area contributed by atoms with E-state index in [4.69, 9.17) is 5.73 Å². The van der Waals surface area contributed by atoms with E-state index in [1.165, 1.54) is 0 Å². The number of rotatable bonds is 3. The van der Waals surface area contributed by atoms with Gasteiger partial charge in [-0.2, -0.15) is 5.10 Å². The van der Waals surface area contributed by atoms with Crippen molar-refractivity contribution in [3.63, 3.8) is 0 Å². The Hall–Kier alpha value is -1.89. The van der Waals surface area contributed by atoms with Gasteiger partial charge in [0.05, 0.1) is 12.1 Å². The molecule has 1 amide bonds. The molecule has 2 rings (SSSR count). The maximum Gasteiger partial charge on any atom is 0.253 e. The number of anilines is 1. The van der Waals surface area contributed by atoms with Crippen molar-refractivity contribution >= 4 is 17.3 Å². The highest BCUT2D eigenvalue weighted by Crippen LogP contribution is 2.25. The van der Waals surface area contributed by atoms with Crippen LogP contribution >= 0.6 is 0 Å². The molecule has 1 aliphatic heterocycles. The normalized spacial score (nSPS) is 15.2. The molecule has 2 N–H and O–H groups in total. The molecule has 1 aliphatic rings. The van der Waals surface area contributed by atoms with Crippen LogP contribution in [0.5, 0.6) is 0 Å². The van der Waals surface area contributed by atoms with Crippen molar-refractivity contribution in [3.05, 3.63) is 29.6 Å². The third-order valence-corrected chi connectivity index (χ3v) is 2.48. The molecule has 0 spiro atoms. The van der Waals surface area contributed by atoms with Crippen LogP contribution in [0.25, 0.3) is 0 Å².